The number of piperidine rings is 1. The lowest BCUT2D eigenvalue weighted by Gasteiger charge is -2.32. The molecule has 7 nitrogen and oxygen atoms in total. The molecule has 0 bridgehead atoms. The monoisotopic (exact) mass is 347 g/mol. The Balaban J connectivity index is 1.29. The fraction of sp³-hybridized carbons (Fsp3) is 0.833. The second-order valence-corrected chi connectivity index (χ2v) is 8.15. The first-order valence-electron chi connectivity index (χ1n) is 9.74. The zero-order valence-corrected chi connectivity index (χ0v) is 15.2. The van der Waals surface area contributed by atoms with Crippen molar-refractivity contribution in [1.82, 2.24) is 25.7 Å². The van der Waals surface area contributed by atoms with Gasteiger partial charge in [-0.1, -0.05) is 19.0 Å². The molecule has 1 aromatic rings. The van der Waals surface area contributed by atoms with Crippen molar-refractivity contribution >= 4 is 6.03 Å². The van der Waals surface area contributed by atoms with Crippen molar-refractivity contribution in [3.05, 3.63) is 11.7 Å². The summed E-state index contributed by atoms with van der Waals surface area (Å²) >= 11 is 0. The van der Waals surface area contributed by atoms with Gasteiger partial charge in [0.25, 0.3) is 0 Å². The van der Waals surface area contributed by atoms with E-state index in [9.17, 15) is 4.79 Å². The van der Waals surface area contributed by atoms with E-state index >= 15 is 0 Å². The van der Waals surface area contributed by atoms with Crippen LogP contribution in [-0.2, 0) is 0 Å². The summed E-state index contributed by atoms with van der Waals surface area (Å²) in [5.74, 6) is 1.96. The number of urea groups is 1. The Bertz CT molecular complexity index is 600. The second kappa shape index (κ2) is 6.94. The van der Waals surface area contributed by atoms with Crippen molar-refractivity contribution in [2.75, 3.05) is 13.1 Å². The van der Waals surface area contributed by atoms with Crippen LogP contribution in [0.15, 0.2) is 4.52 Å². The Morgan fingerprint density at radius 3 is 2.48 bits per heavy atom. The third-order valence-electron chi connectivity index (χ3n) is 5.55. The minimum atomic E-state index is -0.244. The minimum Gasteiger partial charge on any atom is -0.337 e. The lowest BCUT2D eigenvalue weighted by atomic mass is 10.0. The number of rotatable bonds is 6. The molecule has 0 aromatic carbocycles. The van der Waals surface area contributed by atoms with Crippen LogP contribution in [0.1, 0.15) is 76.0 Å². The molecule has 7 heteroatoms. The summed E-state index contributed by atoms with van der Waals surface area (Å²) in [7, 11) is 0. The molecule has 1 atom stereocenters. The van der Waals surface area contributed by atoms with E-state index in [4.69, 9.17) is 4.52 Å². The standard InChI is InChI=1S/C18H29N5O2/c1-11(2)15(17-21-16(22-25-17)12-3-4-12)20-18(24)19-13-7-9-23(10-8-13)14-5-6-14/h11-15H,3-10H2,1-2H3,(H2,19,20,24)/t15-/m0/s1. The van der Waals surface area contributed by atoms with E-state index in [1.54, 1.807) is 0 Å². The highest BCUT2D eigenvalue weighted by molar-refractivity contribution is 5.74. The maximum atomic E-state index is 12.5. The summed E-state index contributed by atoms with van der Waals surface area (Å²) in [6.07, 6.45) is 7.03. The van der Waals surface area contributed by atoms with Crippen LogP contribution in [0.5, 0.6) is 0 Å². The molecule has 3 fully saturated rings. The van der Waals surface area contributed by atoms with Gasteiger partial charge < -0.3 is 20.1 Å². The Kier molecular flexibility index (Phi) is 4.67. The molecule has 3 aliphatic rings. The quantitative estimate of drug-likeness (QED) is 0.826. The molecule has 1 aromatic heterocycles. The van der Waals surface area contributed by atoms with Crippen molar-refractivity contribution in [3.8, 4) is 0 Å². The fourth-order valence-electron chi connectivity index (χ4n) is 3.61. The summed E-state index contributed by atoms with van der Waals surface area (Å²) in [5.41, 5.74) is 0. The van der Waals surface area contributed by atoms with E-state index in [2.05, 4.69) is 39.5 Å². The maximum absolute atomic E-state index is 12.5. The number of hydrogen-bond donors (Lipinski definition) is 2. The predicted octanol–water partition coefficient (Wildman–Crippen LogP) is 2.57. The molecule has 2 amide bonds. The summed E-state index contributed by atoms with van der Waals surface area (Å²) < 4.78 is 5.42. The molecular weight excluding hydrogens is 318 g/mol. The number of likely N-dealkylation sites (tertiary alicyclic amines) is 1. The smallest absolute Gasteiger partial charge is 0.315 e. The Labute approximate surface area is 148 Å². The molecule has 2 aliphatic carbocycles. The number of amides is 2. The number of nitrogens with one attached hydrogen (secondary N) is 2. The molecule has 0 unspecified atom stereocenters. The molecule has 1 aliphatic heterocycles. The Hall–Kier alpha value is -1.63. The van der Waals surface area contributed by atoms with Gasteiger partial charge in [0.1, 0.15) is 6.04 Å². The molecule has 2 saturated carbocycles. The Morgan fingerprint density at radius 2 is 1.88 bits per heavy atom. The molecule has 4 rings (SSSR count). The van der Waals surface area contributed by atoms with Crippen LogP contribution in [0.25, 0.3) is 0 Å². The lowest BCUT2D eigenvalue weighted by molar-refractivity contribution is 0.182. The van der Waals surface area contributed by atoms with Crippen molar-refractivity contribution in [2.24, 2.45) is 5.92 Å². The third-order valence-corrected chi connectivity index (χ3v) is 5.55. The first-order valence-corrected chi connectivity index (χ1v) is 9.74. The summed E-state index contributed by atoms with van der Waals surface area (Å²) in [4.78, 5) is 19.5. The average molecular weight is 347 g/mol. The van der Waals surface area contributed by atoms with Crippen molar-refractivity contribution < 1.29 is 9.32 Å². The van der Waals surface area contributed by atoms with Gasteiger partial charge in [-0.25, -0.2) is 4.79 Å². The van der Waals surface area contributed by atoms with Gasteiger partial charge >= 0.3 is 6.03 Å². The molecular formula is C18H29N5O2. The Morgan fingerprint density at radius 1 is 1.16 bits per heavy atom. The number of hydrogen-bond acceptors (Lipinski definition) is 5. The second-order valence-electron chi connectivity index (χ2n) is 8.15. The van der Waals surface area contributed by atoms with Crippen molar-refractivity contribution in [2.45, 2.75) is 76.4 Å². The zero-order chi connectivity index (χ0) is 17.4. The molecule has 138 valence electrons. The summed E-state index contributed by atoms with van der Waals surface area (Å²) in [5, 5.41) is 10.2. The van der Waals surface area contributed by atoms with Gasteiger partial charge in [0, 0.05) is 31.1 Å². The molecule has 0 radical (unpaired) electrons. The van der Waals surface area contributed by atoms with E-state index in [1.165, 1.54) is 12.8 Å². The normalized spacial score (nSPS) is 23.6. The van der Waals surface area contributed by atoms with Gasteiger partial charge in [0.05, 0.1) is 0 Å². The van der Waals surface area contributed by atoms with Crippen LogP contribution in [0.4, 0.5) is 4.79 Å². The van der Waals surface area contributed by atoms with E-state index in [0.717, 1.165) is 50.6 Å². The van der Waals surface area contributed by atoms with Crippen LogP contribution >= 0.6 is 0 Å². The fourth-order valence-corrected chi connectivity index (χ4v) is 3.61. The minimum absolute atomic E-state index is 0.130. The highest BCUT2D eigenvalue weighted by Crippen LogP contribution is 2.38. The number of carbonyl (C=O) groups excluding carboxylic acids is 1. The summed E-state index contributed by atoms with van der Waals surface area (Å²) in [6, 6.07) is 0.701. The van der Waals surface area contributed by atoms with Crippen LogP contribution in [0.3, 0.4) is 0 Å². The van der Waals surface area contributed by atoms with E-state index in [0.29, 0.717) is 11.8 Å². The van der Waals surface area contributed by atoms with Gasteiger partial charge in [-0.3, -0.25) is 0 Å². The predicted molar refractivity (Wildman–Crippen MR) is 93.1 cm³/mol. The van der Waals surface area contributed by atoms with Crippen LogP contribution in [0, 0.1) is 5.92 Å². The molecule has 1 saturated heterocycles. The molecule has 0 spiro atoms. The number of aromatic nitrogens is 2. The topological polar surface area (TPSA) is 83.3 Å². The van der Waals surface area contributed by atoms with Gasteiger partial charge in [-0.2, -0.15) is 4.98 Å². The van der Waals surface area contributed by atoms with E-state index in [1.807, 2.05) is 0 Å². The van der Waals surface area contributed by atoms with Crippen molar-refractivity contribution in [3.63, 3.8) is 0 Å². The summed E-state index contributed by atoms with van der Waals surface area (Å²) in [6.45, 7) is 6.30. The first-order chi connectivity index (χ1) is 12.1. The zero-order valence-electron chi connectivity index (χ0n) is 15.2. The van der Waals surface area contributed by atoms with Gasteiger partial charge in [0.2, 0.25) is 5.89 Å². The highest BCUT2D eigenvalue weighted by Gasteiger charge is 2.33. The van der Waals surface area contributed by atoms with E-state index in [-0.39, 0.29) is 24.0 Å². The van der Waals surface area contributed by atoms with Crippen LogP contribution in [0.2, 0.25) is 0 Å². The van der Waals surface area contributed by atoms with Gasteiger partial charge in [-0.05, 0) is 44.4 Å². The number of nitrogens with zero attached hydrogens (tertiary/aromatic N) is 3. The lowest BCUT2D eigenvalue weighted by Crippen LogP contribution is -2.49. The van der Waals surface area contributed by atoms with Gasteiger partial charge in [0.15, 0.2) is 5.82 Å². The van der Waals surface area contributed by atoms with Crippen LogP contribution < -0.4 is 10.6 Å². The first kappa shape index (κ1) is 16.8. The van der Waals surface area contributed by atoms with Gasteiger partial charge in [-0.15, -0.1) is 0 Å². The SMILES string of the molecule is CC(C)[C@H](NC(=O)NC1CCN(C2CC2)CC1)c1nc(C2CC2)no1. The van der Waals surface area contributed by atoms with Crippen molar-refractivity contribution in [1.29, 1.82) is 0 Å². The maximum Gasteiger partial charge on any atom is 0.315 e. The number of carbonyl (C=O) groups is 1. The average Bonchev–Trinajstić information content (AvgIpc) is 3.52. The molecule has 25 heavy (non-hydrogen) atoms. The molecule has 2 heterocycles. The third kappa shape index (κ3) is 4.14. The highest BCUT2D eigenvalue weighted by atomic mass is 16.5. The molecule has 2 N–H and O–H groups in total. The van der Waals surface area contributed by atoms with E-state index < -0.39 is 0 Å². The van der Waals surface area contributed by atoms with Crippen LogP contribution in [-0.4, -0.2) is 46.2 Å². The largest absolute Gasteiger partial charge is 0.337 e.